The molecule has 0 bridgehead atoms. The van der Waals surface area contributed by atoms with Crippen LogP contribution in [0.5, 0.6) is 0 Å². The average Bonchev–Trinajstić information content (AvgIpc) is 2.97. The second-order valence-corrected chi connectivity index (χ2v) is 8.46. The molecule has 1 aromatic carbocycles. The van der Waals surface area contributed by atoms with Crippen LogP contribution in [0.3, 0.4) is 0 Å². The van der Waals surface area contributed by atoms with Crippen LogP contribution in [0, 0.1) is 11.8 Å². The van der Waals surface area contributed by atoms with Gasteiger partial charge in [0.25, 0.3) is 0 Å². The molecule has 2 aliphatic heterocycles. The lowest BCUT2D eigenvalue weighted by Gasteiger charge is -2.29. The molecule has 1 atom stereocenters. The maximum absolute atomic E-state index is 13.1. The molecule has 25 heavy (non-hydrogen) atoms. The van der Waals surface area contributed by atoms with Gasteiger partial charge in [0.05, 0.1) is 0 Å². The van der Waals surface area contributed by atoms with Crippen LogP contribution in [0.15, 0.2) is 18.2 Å². The standard InChI is InChI=1S/C22H32N2O/c1-16-13-20-15-18(14-17-9-11-23-12-10-17)7-8-21(20)24(16)22(25)19-5-3-2-4-6-19/h7-8,15-17,19,23H,2-6,9-14H2,1H3. The first-order chi connectivity index (χ1) is 12.2. The van der Waals surface area contributed by atoms with Gasteiger partial charge in [-0.3, -0.25) is 4.79 Å². The lowest BCUT2D eigenvalue weighted by Crippen LogP contribution is -2.40. The Labute approximate surface area is 152 Å². The predicted molar refractivity (Wildman–Crippen MR) is 103 cm³/mol. The van der Waals surface area contributed by atoms with Crippen LogP contribution < -0.4 is 10.2 Å². The summed E-state index contributed by atoms with van der Waals surface area (Å²) in [7, 11) is 0. The lowest BCUT2D eigenvalue weighted by molar-refractivity contribution is -0.123. The molecule has 136 valence electrons. The number of nitrogens with zero attached hydrogens (tertiary/aromatic N) is 1. The molecule has 3 heteroatoms. The molecular weight excluding hydrogens is 308 g/mol. The fraction of sp³-hybridized carbons (Fsp3) is 0.682. The first kappa shape index (κ1) is 17.1. The van der Waals surface area contributed by atoms with E-state index >= 15 is 0 Å². The fourth-order valence-corrected chi connectivity index (χ4v) is 5.11. The van der Waals surface area contributed by atoms with E-state index in [0.29, 0.717) is 11.9 Å². The molecule has 2 heterocycles. The van der Waals surface area contributed by atoms with E-state index in [4.69, 9.17) is 0 Å². The third-order valence-corrected chi connectivity index (χ3v) is 6.53. The summed E-state index contributed by atoms with van der Waals surface area (Å²) < 4.78 is 0. The fourth-order valence-electron chi connectivity index (χ4n) is 5.11. The molecule has 0 radical (unpaired) electrons. The number of nitrogens with one attached hydrogen (secondary N) is 1. The minimum absolute atomic E-state index is 0.261. The number of rotatable bonds is 3. The molecule has 1 aliphatic carbocycles. The van der Waals surface area contributed by atoms with Gasteiger partial charge in [0.2, 0.25) is 5.91 Å². The lowest BCUT2D eigenvalue weighted by atomic mass is 9.88. The molecule has 3 aliphatic rings. The van der Waals surface area contributed by atoms with Crippen molar-refractivity contribution < 1.29 is 4.79 Å². The molecule has 3 nitrogen and oxygen atoms in total. The topological polar surface area (TPSA) is 32.3 Å². The van der Waals surface area contributed by atoms with Gasteiger partial charge in [-0.05, 0) is 81.6 Å². The number of piperidine rings is 1. The molecule has 1 saturated heterocycles. The highest BCUT2D eigenvalue weighted by Crippen LogP contribution is 2.37. The summed E-state index contributed by atoms with van der Waals surface area (Å²) >= 11 is 0. The molecule has 4 rings (SSSR count). The van der Waals surface area contributed by atoms with Crippen LogP contribution in [0.25, 0.3) is 0 Å². The van der Waals surface area contributed by atoms with Gasteiger partial charge in [-0.2, -0.15) is 0 Å². The average molecular weight is 341 g/mol. The summed E-state index contributed by atoms with van der Waals surface area (Å²) in [4.78, 5) is 15.2. The molecule has 2 fully saturated rings. The van der Waals surface area contributed by atoms with Crippen LogP contribution in [-0.4, -0.2) is 25.0 Å². The van der Waals surface area contributed by atoms with Gasteiger partial charge in [-0.25, -0.2) is 0 Å². The van der Waals surface area contributed by atoms with Gasteiger partial charge in [-0.15, -0.1) is 0 Å². The number of hydrogen-bond donors (Lipinski definition) is 1. The van der Waals surface area contributed by atoms with Gasteiger partial charge in [0, 0.05) is 17.6 Å². The van der Waals surface area contributed by atoms with Crippen molar-refractivity contribution in [2.24, 2.45) is 11.8 Å². The molecule has 1 aromatic rings. The summed E-state index contributed by atoms with van der Waals surface area (Å²) in [5, 5.41) is 3.45. The zero-order chi connectivity index (χ0) is 17.2. The van der Waals surface area contributed by atoms with Crippen LogP contribution in [-0.2, 0) is 17.6 Å². The number of fused-ring (bicyclic) bond motifs is 1. The smallest absolute Gasteiger partial charge is 0.230 e. The Kier molecular flexibility index (Phi) is 5.12. The van der Waals surface area contributed by atoms with Crippen molar-refractivity contribution in [1.82, 2.24) is 5.32 Å². The van der Waals surface area contributed by atoms with E-state index in [1.165, 1.54) is 55.3 Å². The summed E-state index contributed by atoms with van der Waals surface area (Å²) in [6.07, 6.45) is 10.7. The molecule has 1 saturated carbocycles. The number of hydrogen-bond acceptors (Lipinski definition) is 2. The second-order valence-electron chi connectivity index (χ2n) is 8.46. The van der Waals surface area contributed by atoms with Gasteiger partial charge in [0.1, 0.15) is 0 Å². The number of carbonyl (C=O) groups excluding carboxylic acids is 1. The van der Waals surface area contributed by atoms with Gasteiger partial charge in [0.15, 0.2) is 0 Å². The summed E-state index contributed by atoms with van der Waals surface area (Å²) in [5.41, 5.74) is 4.05. The third kappa shape index (κ3) is 3.62. The molecule has 1 N–H and O–H groups in total. The zero-order valence-corrected chi connectivity index (χ0v) is 15.6. The first-order valence-corrected chi connectivity index (χ1v) is 10.4. The van der Waals surface area contributed by atoms with Crippen LogP contribution >= 0.6 is 0 Å². The van der Waals surface area contributed by atoms with Crippen LogP contribution in [0.4, 0.5) is 5.69 Å². The van der Waals surface area contributed by atoms with Gasteiger partial charge in [-0.1, -0.05) is 31.4 Å². The minimum atomic E-state index is 0.261. The van der Waals surface area contributed by atoms with Crippen molar-refractivity contribution in [3.05, 3.63) is 29.3 Å². The maximum Gasteiger partial charge on any atom is 0.230 e. The van der Waals surface area contributed by atoms with Crippen molar-refractivity contribution in [2.45, 2.75) is 70.8 Å². The maximum atomic E-state index is 13.1. The Morgan fingerprint density at radius 2 is 1.88 bits per heavy atom. The summed E-state index contributed by atoms with van der Waals surface area (Å²) in [6.45, 7) is 4.54. The van der Waals surface area contributed by atoms with Crippen molar-refractivity contribution in [3.63, 3.8) is 0 Å². The Hall–Kier alpha value is -1.35. The van der Waals surface area contributed by atoms with Gasteiger partial charge >= 0.3 is 0 Å². The quantitative estimate of drug-likeness (QED) is 0.899. The Morgan fingerprint density at radius 1 is 1.12 bits per heavy atom. The Morgan fingerprint density at radius 3 is 2.64 bits per heavy atom. The number of carbonyl (C=O) groups is 1. The van der Waals surface area contributed by atoms with Gasteiger partial charge < -0.3 is 10.2 Å². The van der Waals surface area contributed by atoms with E-state index in [0.717, 1.165) is 38.3 Å². The zero-order valence-electron chi connectivity index (χ0n) is 15.6. The Balaban J connectivity index is 1.49. The highest BCUT2D eigenvalue weighted by Gasteiger charge is 2.35. The largest absolute Gasteiger partial charge is 0.317 e. The number of anilines is 1. The van der Waals surface area contributed by atoms with Crippen molar-refractivity contribution in [3.8, 4) is 0 Å². The predicted octanol–water partition coefficient (Wildman–Crippen LogP) is 4.09. The Bertz CT molecular complexity index is 614. The third-order valence-electron chi connectivity index (χ3n) is 6.53. The van der Waals surface area contributed by atoms with Crippen molar-refractivity contribution in [2.75, 3.05) is 18.0 Å². The highest BCUT2D eigenvalue weighted by molar-refractivity contribution is 5.97. The normalized spacial score (nSPS) is 25.2. The second kappa shape index (κ2) is 7.49. The van der Waals surface area contributed by atoms with E-state index in [9.17, 15) is 4.79 Å². The van der Waals surface area contributed by atoms with E-state index in [2.05, 4.69) is 35.3 Å². The number of benzene rings is 1. The summed E-state index contributed by atoms with van der Waals surface area (Å²) in [6, 6.07) is 7.22. The van der Waals surface area contributed by atoms with E-state index in [1.54, 1.807) is 0 Å². The molecule has 0 spiro atoms. The van der Waals surface area contributed by atoms with E-state index in [-0.39, 0.29) is 5.92 Å². The molecule has 1 unspecified atom stereocenters. The van der Waals surface area contributed by atoms with Crippen LogP contribution in [0.1, 0.15) is 63.0 Å². The van der Waals surface area contributed by atoms with Crippen LogP contribution in [0.2, 0.25) is 0 Å². The molecular formula is C22H32N2O. The molecule has 0 aromatic heterocycles. The SMILES string of the molecule is CC1Cc2cc(CC3CCNCC3)ccc2N1C(=O)C1CCCCC1. The minimum Gasteiger partial charge on any atom is -0.317 e. The molecule has 1 amide bonds. The van der Waals surface area contributed by atoms with E-state index < -0.39 is 0 Å². The summed E-state index contributed by atoms with van der Waals surface area (Å²) in [5.74, 6) is 1.46. The van der Waals surface area contributed by atoms with Crippen molar-refractivity contribution in [1.29, 1.82) is 0 Å². The number of amides is 1. The first-order valence-electron chi connectivity index (χ1n) is 10.4. The highest BCUT2D eigenvalue weighted by atomic mass is 16.2. The van der Waals surface area contributed by atoms with Crippen molar-refractivity contribution >= 4 is 11.6 Å². The monoisotopic (exact) mass is 340 g/mol. The van der Waals surface area contributed by atoms with E-state index in [1.807, 2.05) is 0 Å².